The number of sulfone groups is 1. The zero-order valence-electron chi connectivity index (χ0n) is 15.0. The summed E-state index contributed by atoms with van der Waals surface area (Å²) in [6.45, 7) is 3.78. The Bertz CT molecular complexity index is 897. The monoisotopic (exact) mass is 395 g/mol. The molecule has 0 N–H and O–H groups in total. The summed E-state index contributed by atoms with van der Waals surface area (Å²) in [5.74, 6) is 1.28. The maximum atomic E-state index is 11.6. The predicted molar refractivity (Wildman–Crippen MR) is 102 cm³/mol. The Morgan fingerprint density at radius 2 is 1.81 bits per heavy atom. The van der Waals surface area contributed by atoms with Gasteiger partial charge in [0.25, 0.3) is 0 Å². The Morgan fingerprint density at radius 3 is 2.46 bits per heavy atom. The quantitative estimate of drug-likeness (QED) is 0.772. The molecule has 7 heteroatoms. The Kier molecular flexibility index (Phi) is 5.46. The normalized spacial score (nSPS) is 15.1. The summed E-state index contributed by atoms with van der Waals surface area (Å²) in [7, 11) is -1.17. The molecule has 5 nitrogen and oxygen atoms in total. The molecule has 26 heavy (non-hydrogen) atoms. The molecular formula is C19H22ClNO4S. The fourth-order valence-electron chi connectivity index (χ4n) is 2.93. The molecule has 3 rings (SSSR count). The average Bonchev–Trinajstić information content (AvgIpc) is 2.60. The number of halogens is 1. The molecule has 0 spiro atoms. The lowest BCUT2D eigenvalue weighted by Crippen LogP contribution is -2.22. The van der Waals surface area contributed by atoms with Gasteiger partial charge in [-0.1, -0.05) is 23.7 Å². The number of hydrogen-bond acceptors (Lipinski definition) is 5. The van der Waals surface area contributed by atoms with Crippen LogP contribution in [0.3, 0.4) is 0 Å². The van der Waals surface area contributed by atoms with Crippen LogP contribution in [0.2, 0.25) is 5.02 Å². The van der Waals surface area contributed by atoms with Gasteiger partial charge in [0, 0.05) is 18.8 Å². The Hall–Kier alpha value is -1.76. The molecule has 1 heterocycles. The van der Waals surface area contributed by atoms with Crippen molar-refractivity contribution in [3.05, 3.63) is 52.5 Å². The van der Waals surface area contributed by atoms with Crippen LogP contribution < -0.4 is 9.47 Å². The van der Waals surface area contributed by atoms with Crippen LogP contribution >= 0.6 is 11.6 Å². The first kappa shape index (κ1) is 19.0. The molecule has 0 saturated carbocycles. The van der Waals surface area contributed by atoms with E-state index in [0.717, 1.165) is 11.1 Å². The maximum absolute atomic E-state index is 11.6. The van der Waals surface area contributed by atoms with Crippen molar-refractivity contribution in [2.24, 2.45) is 0 Å². The van der Waals surface area contributed by atoms with Crippen LogP contribution in [0, 0.1) is 0 Å². The highest BCUT2D eigenvalue weighted by atomic mass is 35.5. The predicted octanol–water partition coefficient (Wildman–Crippen LogP) is 3.71. The molecule has 1 aliphatic heterocycles. The van der Waals surface area contributed by atoms with Crippen LogP contribution in [0.1, 0.15) is 24.1 Å². The van der Waals surface area contributed by atoms with E-state index in [4.69, 9.17) is 21.1 Å². The Balaban J connectivity index is 1.75. The fourth-order valence-corrected chi connectivity index (χ4v) is 3.85. The van der Waals surface area contributed by atoms with Gasteiger partial charge < -0.3 is 9.47 Å². The van der Waals surface area contributed by atoms with E-state index in [1.165, 1.54) is 6.26 Å². The highest BCUT2D eigenvalue weighted by Crippen LogP contribution is 2.38. The lowest BCUT2D eigenvalue weighted by Gasteiger charge is -2.26. The molecule has 2 aromatic rings. The molecule has 1 aliphatic rings. The fraction of sp³-hybridized carbons (Fsp3) is 0.368. The van der Waals surface area contributed by atoms with Gasteiger partial charge in [-0.2, -0.15) is 0 Å². The van der Waals surface area contributed by atoms with E-state index in [-0.39, 0.29) is 6.04 Å². The molecule has 0 bridgehead atoms. The molecule has 1 unspecified atom stereocenters. The first-order valence-corrected chi connectivity index (χ1v) is 10.6. The molecule has 1 atom stereocenters. The third-order valence-corrected chi connectivity index (χ3v) is 5.95. The van der Waals surface area contributed by atoms with Gasteiger partial charge in [0.1, 0.15) is 13.2 Å². The lowest BCUT2D eigenvalue weighted by atomic mass is 10.1. The molecule has 0 radical (unpaired) electrons. The van der Waals surface area contributed by atoms with Crippen molar-refractivity contribution in [1.29, 1.82) is 0 Å². The number of fused-ring (bicyclic) bond motifs is 1. The van der Waals surface area contributed by atoms with E-state index in [1.807, 2.05) is 31.3 Å². The summed E-state index contributed by atoms with van der Waals surface area (Å²) in [4.78, 5) is 2.49. The van der Waals surface area contributed by atoms with Crippen LogP contribution in [-0.2, 0) is 16.4 Å². The average molecular weight is 396 g/mol. The SMILES string of the molecule is CC(c1ccc(S(C)(=O)=O)cc1)N(C)Cc1cc(Cl)c2c(c1)OCCO2. The first-order valence-electron chi connectivity index (χ1n) is 8.34. The first-order chi connectivity index (χ1) is 12.3. The van der Waals surface area contributed by atoms with Crippen molar-refractivity contribution < 1.29 is 17.9 Å². The largest absolute Gasteiger partial charge is 0.486 e. The zero-order chi connectivity index (χ0) is 18.9. The highest BCUT2D eigenvalue weighted by Gasteiger charge is 2.19. The lowest BCUT2D eigenvalue weighted by molar-refractivity contribution is 0.171. The minimum absolute atomic E-state index is 0.107. The van der Waals surface area contributed by atoms with Crippen LogP contribution in [0.25, 0.3) is 0 Å². The number of ether oxygens (including phenoxy) is 2. The summed E-state index contributed by atoms with van der Waals surface area (Å²) in [5.41, 5.74) is 2.07. The van der Waals surface area contributed by atoms with E-state index in [1.54, 1.807) is 12.1 Å². The topological polar surface area (TPSA) is 55.8 Å². The summed E-state index contributed by atoms with van der Waals surface area (Å²) >= 11 is 6.31. The van der Waals surface area contributed by atoms with E-state index in [2.05, 4.69) is 11.8 Å². The van der Waals surface area contributed by atoms with Gasteiger partial charge >= 0.3 is 0 Å². The van der Waals surface area contributed by atoms with Crippen LogP contribution in [0.15, 0.2) is 41.3 Å². The second-order valence-electron chi connectivity index (χ2n) is 6.53. The van der Waals surface area contributed by atoms with Crippen LogP contribution in [0.5, 0.6) is 11.5 Å². The molecule has 0 fully saturated rings. The molecule has 0 amide bonds. The van der Waals surface area contributed by atoms with Crippen molar-refractivity contribution in [3.63, 3.8) is 0 Å². The molecule has 0 aromatic heterocycles. The van der Waals surface area contributed by atoms with Crippen LogP contribution in [0.4, 0.5) is 0 Å². The van der Waals surface area contributed by atoms with Gasteiger partial charge in [-0.3, -0.25) is 4.90 Å². The molecule has 140 valence electrons. The van der Waals surface area contributed by atoms with Crippen molar-refractivity contribution in [1.82, 2.24) is 4.90 Å². The van der Waals surface area contributed by atoms with Crippen LogP contribution in [-0.4, -0.2) is 39.8 Å². The number of rotatable bonds is 5. The summed E-state index contributed by atoms with van der Waals surface area (Å²) in [6.07, 6.45) is 1.21. The number of benzene rings is 2. The summed E-state index contributed by atoms with van der Waals surface area (Å²) < 4.78 is 34.4. The highest BCUT2D eigenvalue weighted by molar-refractivity contribution is 7.90. The maximum Gasteiger partial charge on any atom is 0.179 e. The number of nitrogens with zero attached hydrogens (tertiary/aromatic N) is 1. The second-order valence-corrected chi connectivity index (χ2v) is 8.96. The van der Waals surface area contributed by atoms with Crippen molar-refractivity contribution in [2.45, 2.75) is 24.4 Å². The van der Waals surface area contributed by atoms with Gasteiger partial charge in [0.2, 0.25) is 0 Å². The van der Waals surface area contributed by atoms with E-state index in [0.29, 0.717) is 41.2 Å². The van der Waals surface area contributed by atoms with E-state index >= 15 is 0 Å². The van der Waals surface area contributed by atoms with Crippen molar-refractivity contribution in [3.8, 4) is 11.5 Å². The van der Waals surface area contributed by atoms with Gasteiger partial charge in [0.05, 0.1) is 9.92 Å². The van der Waals surface area contributed by atoms with E-state index in [9.17, 15) is 8.42 Å². The zero-order valence-corrected chi connectivity index (χ0v) is 16.6. The van der Waals surface area contributed by atoms with Gasteiger partial charge in [-0.15, -0.1) is 0 Å². The van der Waals surface area contributed by atoms with E-state index < -0.39 is 9.84 Å². The third kappa shape index (κ3) is 4.14. The summed E-state index contributed by atoms with van der Waals surface area (Å²) in [5, 5.41) is 0.552. The van der Waals surface area contributed by atoms with Gasteiger partial charge in [0.15, 0.2) is 21.3 Å². The number of hydrogen-bond donors (Lipinski definition) is 0. The Labute approximate surface area is 159 Å². The van der Waals surface area contributed by atoms with Gasteiger partial charge in [-0.25, -0.2) is 8.42 Å². The second kappa shape index (κ2) is 7.47. The van der Waals surface area contributed by atoms with Crippen molar-refractivity contribution >= 4 is 21.4 Å². The molecule has 0 aliphatic carbocycles. The molecule has 0 saturated heterocycles. The smallest absolute Gasteiger partial charge is 0.179 e. The Morgan fingerprint density at radius 1 is 1.15 bits per heavy atom. The molecule has 2 aromatic carbocycles. The molecular weight excluding hydrogens is 374 g/mol. The van der Waals surface area contributed by atoms with Crippen molar-refractivity contribution in [2.75, 3.05) is 26.5 Å². The minimum Gasteiger partial charge on any atom is -0.486 e. The summed E-state index contributed by atoms with van der Waals surface area (Å²) in [6, 6.07) is 11.0. The minimum atomic E-state index is -3.18. The van der Waals surface area contributed by atoms with Gasteiger partial charge in [-0.05, 0) is 49.4 Å². The third-order valence-electron chi connectivity index (χ3n) is 4.54. The standard InChI is InChI=1S/C19H22ClNO4S/c1-13(15-4-6-16(7-5-15)26(3,22)23)21(2)12-14-10-17(20)19-18(11-14)24-8-9-25-19/h4-7,10-11,13H,8-9,12H2,1-3H3.